The van der Waals surface area contributed by atoms with E-state index in [2.05, 4.69) is 0 Å². The lowest BCUT2D eigenvalue weighted by atomic mass is 10.0. The number of carbonyl (C=O) groups is 1. The van der Waals surface area contributed by atoms with Crippen LogP contribution in [0.3, 0.4) is 0 Å². The Morgan fingerprint density at radius 3 is 2.33 bits per heavy atom. The fourth-order valence-electron chi connectivity index (χ4n) is 0.775. The maximum Gasteiger partial charge on any atom is 0.264 e. The van der Waals surface area contributed by atoms with Crippen molar-refractivity contribution in [2.45, 2.75) is 26.7 Å². The van der Waals surface area contributed by atoms with Crippen LogP contribution in [-0.4, -0.2) is 24.5 Å². The highest BCUT2D eigenvalue weighted by Crippen LogP contribution is 2.07. The molecule has 0 aromatic rings. The number of Topliss-reactive ketones (excluding diaryl/α,β-unsaturated/α-hetero) is 1. The molecule has 4 nitrogen and oxygen atoms in total. The first-order chi connectivity index (χ1) is 5.33. The Labute approximate surface area is 72.7 Å². The van der Waals surface area contributed by atoms with Gasteiger partial charge in [-0.1, -0.05) is 6.92 Å². The molecule has 0 fully saturated rings. The maximum atomic E-state index is 10.7. The summed E-state index contributed by atoms with van der Waals surface area (Å²) >= 11 is 0. The second-order valence-corrected chi connectivity index (χ2v) is 4.51. The number of ketones is 1. The van der Waals surface area contributed by atoms with Crippen molar-refractivity contribution in [2.24, 2.45) is 5.92 Å². The Kier molecular flexibility index (Phi) is 4.41. The van der Waals surface area contributed by atoms with Crippen LogP contribution in [0.15, 0.2) is 0 Å². The van der Waals surface area contributed by atoms with Crippen molar-refractivity contribution in [1.29, 1.82) is 0 Å². The van der Waals surface area contributed by atoms with E-state index in [4.69, 9.17) is 4.55 Å². The second-order valence-electron chi connectivity index (χ2n) is 2.94. The van der Waals surface area contributed by atoms with E-state index in [1.54, 1.807) is 6.92 Å². The summed E-state index contributed by atoms with van der Waals surface area (Å²) < 4.78 is 28.9. The Hall–Kier alpha value is -0.420. The molecule has 0 bridgehead atoms. The Morgan fingerprint density at radius 2 is 2.00 bits per heavy atom. The zero-order valence-electron chi connectivity index (χ0n) is 7.28. The smallest absolute Gasteiger partial charge is 0.264 e. The van der Waals surface area contributed by atoms with E-state index in [1.165, 1.54) is 6.92 Å². The molecule has 0 rings (SSSR count). The van der Waals surface area contributed by atoms with Gasteiger partial charge in [0, 0.05) is 5.92 Å². The molecule has 0 heterocycles. The second kappa shape index (κ2) is 4.57. The van der Waals surface area contributed by atoms with Crippen LogP contribution < -0.4 is 0 Å². The van der Waals surface area contributed by atoms with Crippen molar-refractivity contribution in [1.82, 2.24) is 0 Å². The van der Waals surface area contributed by atoms with E-state index in [9.17, 15) is 13.2 Å². The van der Waals surface area contributed by atoms with Crippen LogP contribution in [-0.2, 0) is 14.9 Å². The van der Waals surface area contributed by atoms with Crippen LogP contribution in [0.4, 0.5) is 0 Å². The van der Waals surface area contributed by atoms with Gasteiger partial charge in [-0.05, 0) is 19.8 Å². The molecule has 0 aromatic heterocycles. The lowest BCUT2D eigenvalue weighted by molar-refractivity contribution is -0.120. The van der Waals surface area contributed by atoms with E-state index < -0.39 is 10.1 Å². The van der Waals surface area contributed by atoms with Gasteiger partial charge in [0.2, 0.25) is 0 Å². The van der Waals surface area contributed by atoms with Crippen LogP contribution in [0.2, 0.25) is 0 Å². The lowest BCUT2D eigenvalue weighted by Crippen LogP contribution is -2.10. The molecule has 0 saturated carbocycles. The molecule has 1 N–H and O–H groups in total. The van der Waals surface area contributed by atoms with Gasteiger partial charge in [0.25, 0.3) is 10.1 Å². The molecule has 0 saturated heterocycles. The average Bonchev–Trinajstić information content (AvgIpc) is 1.84. The molecule has 12 heavy (non-hydrogen) atoms. The molecule has 0 amide bonds. The fourth-order valence-corrected chi connectivity index (χ4v) is 1.31. The lowest BCUT2D eigenvalue weighted by Gasteiger charge is -2.04. The zero-order chi connectivity index (χ0) is 9.78. The summed E-state index contributed by atoms with van der Waals surface area (Å²) in [7, 11) is -3.86. The van der Waals surface area contributed by atoms with Gasteiger partial charge in [-0.2, -0.15) is 8.42 Å². The van der Waals surface area contributed by atoms with Crippen molar-refractivity contribution in [3.63, 3.8) is 0 Å². The topological polar surface area (TPSA) is 71.4 Å². The van der Waals surface area contributed by atoms with E-state index in [1.807, 2.05) is 0 Å². The number of rotatable bonds is 5. The molecule has 0 aliphatic rings. The van der Waals surface area contributed by atoms with E-state index >= 15 is 0 Å². The highest BCUT2D eigenvalue weighted by atomic mass is 32.2. The Bertz CT molecular complexity index is 242. The summed E-state index contributed by atoms with van der Waals surface area (Å²) in [6.45, 7) is 3.21. The molecule has 1 unspecified atom stereocenters. The van der Waals surface area contributed by atoms with Crippen LogP contribution in [0, 0.1) is 5.92 Å². The third kappa shape index (κ3) is 6.30. The van der Waals surface area contributed by atoms with Crippen molar-refractivity contribution in [3.05, 3.63) is 0 Å². The quantitative estimate of drug-likeness (QED) is 0.659. The third-order valence-corrected chi connectivity index (χ3v) is 2.54. The molecular weight excluding hydrogens is 180 g/mol. The molecule has 0 radical (unpaired) electrons. The molecular formula is C7H14O4S. The van der Waals surface area contributed by atoms with Crippen molar-refractivity contribution >= 4 is 15.9 Å². The van der Waals surface area contributed by atoms with E-state index in [0.717, 1.165) is 0 Å². The van der Waals surface area contributed by atoms with Crippen LogP contribution in [0.25, 0.3) is 0 Å². The summed E-state index contributed by atoms with van der Waals surface area (Å²) in [5.74, 6) is -0.331. The molecule has 1 atom stereocenters. The summed E-state index contributed by atoms with van der Waals surface area (Å²) in [4.78, 5) is 10.7. The fraction of sp³-hybridized carbons (Fsp3) is 0.857. The highest BCUT2D eigenvalue weighted by molar-refractivity contribution is 7.85. The molecule has 5 heteroatoms. The van der Waals surface area contributed by atoms with Gasteiger partial charge < -0.3 is 0 Å². The molecule has 0 aromatic carbocycles. The minimum Gasteiger partial charge on any atom is -0.300 e. The first kappa shape index (κ1) is 11.6. The Morgan fingerprint density at radius 1 is 1.50 bits per heavy atom. The van der Waals surface area contributed by atoms with E-state index in [0.29, 0.717) is 12.8 Å². The summed E-state index contributed by atoms with van der Waals surface area (Å²) in [5, 5.41) is 0. The minimum atomic E-state index is -3.86. The number of hydrogen-bond donors (Lipinski definition) is 1. The third-order valence-electron chi connectivity index (χ3n) is 1.73. The molecule has 0 aliphatic carbocycles. The average molecular weight is 194 g/mol. The zero-order valence-corrected chi connectivity index (χ0v) is 8.10. The predicted octanol–water partition coefficient (Wildman–Crippen LogP) is 0.879. The van der Waals surface area contributed by atoms with Gasteiger partial charge in [0.05, 0.1) is 5.75 Å². The van der Waals surface area contributed by atoms with E-state index in [-0.39, 0.29) is 17.5 Å². The number of carbonyl (C=O) groups excluding carboxylic acids is 1. The largest absolute Gasteiger partial charge is 0.300 e. The van der Waals surface area contributed by atoms with Crippen LogP contribution in [0.1, 0.15) is 26.7 Å². The number of hydrogen-bond acceptors (Lipinski definition) is 3. The summed E-state index contributed by atoms with van der Waals surface area (Å²) in [5.41, 5.74) is 0. The standard InChI is InChI=1S/C7H14O4S/c1-6(7(2)8)4-3-5-12(9,10)11/h6H,3-5H2,1-2H3,(H,9,10,11). The molecule has 0 aliphatic heterocycles. The first-order valence-electron chi connectivity index (χ1n) is 3.78. The SMILES string of the molecule is CC(=O)C(C)CCCS(=O)(=O)O. The van der Waals surface area contributed by atoms with Crippen molar-refractivity contribution < 1.29 is 17.8 Å². The molecule has 0 spiro atoms. The van der Waals surface area contributed by atoms with Crippen molar-refractivity contribution in [2.75, 3.05) is 5.75 Å². The monoisotopic (exact) mass is 194 g/mol. The molecule has 72 valence electrons. The van der Waals surface area contributed by atoms with Gasteiger partial charge in [0.15, 0.2) is 0 Å². The van der Waals surface area contributed by atoms with Gasteiger partial charge >= 0.3 is 0 Å². The van der Waals surface area contributed by atoms with Crippen molar-refractivity contribution in [3.8, 4) is 0 Å². The van der Waals surface area contributed by atoms with Gasteiger partial charge in [-0.15, -0.1) is 0 Å². The Balaban J connectivity index is 3.65. The predicted molar refractivity (Wildman–Crippen MR) is 45.5 cm³/mol. The summed E-state index contributed by atoms with van der Waals surface area (Å²) in [6.07, 6.45) is 0.842. The van der Waals surface area contributed by atoms with Crippen LogP contribution in [0.5, 0.6) is 0 Å². The van der Waals surface area contributed by atoms with Gasteiger partial charge in [-0.3, -0.25) is 9.35 Å². The summed E-state index contributed by atoms with van der Waals surface area (Å²) in [6, 6.07) is 0. The highest BCUT2D eigenvalue weighted by Gasteiger charge is 2.09. The first-order valence-corrected chi connectivity index (χ1v) is 5.39. The maximum absolute atomic E-state index is 10.7. The van der Waals surface area contributed by atoms with Gasteiger partial charge in [0.1, 0.15) is 5.78 Å². The van der Waals surface area contributed by atoms with Crippen LogP contribution >= 0.6 is 0 Å². The normalized spacial score (nSPS) is 14.2. The van der Waals surface area contributed by atoms with Gasteiger partial charge in [-0.25, -0.2) is 0 Å². The minimum absolute atomic E-state index is 0.0466.